The van der Waals surface area contributed by atoms with E-state index in [0.29, 0.717) is 5.69 Å². The van der Waals surface area contributed by atoms with Crippen molar-refractivity contribution in [1.82, 2.24) is 14.8 Å². The van der Waals surface area contributed by atoms with Crippen molar-refractivity contribution in [2.24, 2.45) is 0 Å². The molecule has 0 atom stereocenters. The molecule has 8 heteroatoms. The van der Waals surface area contributed by atoms with Gasteiger partial charge in [0, 0.05) is 42.9 Å². The number of hydrogen-bond acceptors (Lipinski definition) is 5. The van der Waals surface area contributed by atoms with Gasteiger partial charge in [-0.05, 0) is 97.5 Å². The minimum atomic E-state index is -1.22. The fourth-order valence-electron chi connectivity index (χ4n) is 5.43. The van der Waals surface area contributed by atoms with Crippen molar-refractivity contribution in [3.63, 3.8) is 0 Å². The highest BCUT2D eigenvalue weighted by Gasteiger charge is 2.20. The van der Waals surface area contributed by atoms with E-state index in [1.54, 1.807) is 24.4 Å². The summed E-state index contributed by atoms with van der Waals surface area (Å²) < 4.78 is 1.18. The van der Waals surface area contributed by atoms with Gasteiger partial charge >= 0.3 is 5.97 Å². The van der Waals surface area contributed by atoms with Crippen LogP contribution in [0.15, 0.2) is 77.5 Å². The normalized spacial score (nSPS) is 14.6. The lowest BCUT2D eigenvalue weighted by Gasteiger charge is -2.32. The Kier molecular flexibility index (Phi) is 6.61. The van der Waals surface area contributed by atoms with Crippen LogP contribution < -0.4 is 15.4 Å². The molecule has 0 unspecified atom stereocenters. The molecule has 0 saturated carbocycles. The summed E-state index contributed by atoms with van der Waals surface area (Å²) in [6.07, 6.45) is 10.8. The first-order valence-electron chi connectivity index (χ1n) is 13.3. The van der Waals surface area contributed by atoms with Crippen LogP contribution >= 0.6 is 0 Å². The highest BCUT2D eigenvalue weighted by atomic mass is 16.4. The minimum absolute atomic E-state index is 0.0316. The molecule has 1 saturated heterocycles. The average molecular weight is 520 g/mol. The lowest BCUT2D eigenvalue weighted by molar-refractivity contribution is 0.0689. The Morgan fingerprint density at radius 2 is 1.74 bits per heavy atom. The molecule has 2 N–H and O–H groups in total. The molecule has 2 aliphatic rings. The van der Waals surface area contributed by atoms with Gasteiger partial charge in [-0.15, -0.1) is 5.73 Å². The van der Waals surface area contributed by atoms with Crippen molar-refractivity contribution in [1.29, 1.82) is 0 Å². The summed E-state index contributed by atoms with van der Waals surface area (Å²) in [6, 6.07) is 18.5. The molecule has 8 nitrogen and oxygen atoms in total. The van der Waals surface area contributed by atoms with E-state index in [9.17, 15) is 14.7 Å². The third-order valence-electron chi connectivity index (χ3n) is 7.38. The molecule has 2 aromatic heterocycles. The van der Waals surface area contributed by atoms with Crippen LogP contribution in [-0.2, 0) is 6.42 Å². The molecule has 0 radical (unpaired) electrons. The molecule has 6 rings (SSSR count). The number of H-pyrrole nitrogens is 1. The van der Waals surface area contributed by atoms with Gasteiger partial charge in [0.25, 0.3) is 5.56 Å². The zero-order valence-corrected chi connectivity index (χ0v) is 21.5. The Balaban J connectivity index is 1.26. The summed E-state index contributed by atoms with van der Waals surface area (Å²) in [6.45, 7) is 3.25. The van der Waals surface area contributed by atoms with E-state index in [2.05, 4.69) is 62.0 Å². The summed E-state index contributed by atoms with van der Waals surface area (Å²) in [4.78, 5) is 33.5. The third-order valence-corrected chi connectivity index (χ3v) is 7.38. The molecule has 196 valence electrons. The fraction of sp³-hybridized carbons (Fsp3) is 0.226. The quantitative estimate of drug-likeness (QED) is 0.337. The maximum absolute atomic E-state index is 12.9. The molecular formula is C31H29N5O3. The monoisotopic (exact) mass is 519 g/mol. The summed E-state index contributed by atoms with van der Waals surface area (Å²) >= 11 is 0. The maximum atomic E-state index is 12.9. The van der Waals surface area contributed by atoms with Gasteiger partial charge in [0.15, 0.2) is 5.69 Å². The van der Waals surface area contributed by atoms with E-state index in [1.165, 1.54) is 52.4 Å². The number of aromatic nitrogens is 3. The predicted molar refractivity (Wildman–Crippen MR) is 153 cm³/mol. The Labute approximate surface area is 226 Å². The Hall–Kier alpha value is -4.81. The number of aromatic carboxylic acids is 1. The van der Waals surface area contributed by atoms with Gasteiger partial charge in [-0.2, -0.15) is 0 Å². The summed E-state index contributed by atoms with van der Waals surface area (Å²) in [5.74, 6) is -1.22. The number of carboxylic acids is 1. The SMILES string of the molecule is O=C(O)c1[nH]n(-c2cccnc2)c(=O)c1C=C=Cc1ccc2c(c1)CCCN2c1ccc(N2CCCC2)cc1. The van der Waals surface area contributed by atoms with Gasteiger partial charge in [0.2, 0.25) is 0 Å². The Morgan fingerprint density at radius 1 is 0.949 bits per heavy atom. The van der Waals surface area contributed by atoms with Crippen molar-refractivity contribution in [2.75, 3.05) is 29.4 Å². The van der Waals surface area contributed by atoms with Gasteiger partial charge in [-0.25, -0.2) is 9.48 Å². The van der Waals surface area contributed by atoms with E-state index in [1.807, 2.05) is 6.07 Å². The first kappa shape index (κ1) is 24.5. The molecule has 0 spiro atoms. The number of fused-ring (bicyclic) bond motifs is 1. The number of carbonyl (C=O) groups is 1. The van der Waals surface area contributed by atoms with E-state index in [0.717, 1.165) is 38.0 Å². The highest BCUT2D eigenvalue weighted by Crippen LogP contribution is 2.35. The highest BCUT2D eigenvalue weighted by molar-refractivity contribution is 5.90. The summed E-state index contributed by atoms with van der Waals surface area (Å²) in [7, 11) is 0. The van der Waals surface area contributed by atoms with Gasteiger partial charge in [0.1, 0.15) is 0 Å². The number of pyridine rings is 1. The molecule has 1 fully saturated rings. The van der Waals surface area contributed by atoms with Crippen molar-refractivity contribution in [3.05, 3.63) is 105 Å². The molecule has 0 bridgehead atoms. The van der Waals surface area contributed by atoms with Crippen LogP contribution in [-0.4, -0.2) is 45.5 Å². The second-order valence-electron chi connectivity index (χ2n) is 9.87. The number of nitrogens with one attached hydrogen (secondary N) is 1. The number of aryl methyl sites for hydroxylation is 1. The number of rotatable bonds is 6. The maximum Gasteiger partial charge on any atom is 0.354 e. The average Bonchev–Trinajstić information content (AvgIpc) is 3.62. The molecule has 2 aliphatic heterocycles. The van der Waals surface area contributed by atoms with E-state index in [4.69, 9.17) is 0 Å². The molecule has 39 heavy (non-hydrogen) atoms. The molecule has 4 aromatic rings. The van der Waals surface area contributed by atoms with Gasteiger partial charge < -0.3 is 14.9 Å². The molecule has 4 heterocycles. The van der Waals surface area contributed by atoms with E-state index in [-0.39, 0.29) is 11.3 Å². The second-order valence-corrected chi connectivity index (χ2v) is 9.87. The Bertz CT molecular complexity index is 1620. The van der Waals surface area contributed by atoms with Crippen LogP contribution in [0.2, 0.25) is 0 Å². The molecule has 2 aromatic carbocycles. The number of hydrogen-bond donors (Lipinski definition) is 2. The minimum Gasteiger partial charge on any atom is -0.477 e. The number of benzene rings is 2. The van der Waals surface area contributed by atoms with Gasteiger partial charge in [0.05, 0.1) is 17.4 Å². The van der Waals surface area contributed by atoms with Crippen molar-refractivity contribution in [3.8, 4) is 5.69 Å². The molecule has 0 aliphatic carbocycles. The topological polar surface area (TPSA) is 94.5 Å². The number of anilines is 3. The van der Waals surface area contributed by atoms with E-state index < -0.39 is 11.5 Å². The lowest BCUT2D eigenvalue weighted by Crippen LogP contribution is -2.24. The number of carboxylic acid groups (broad SMARTS) is 1. The van der Waals surface area contributed by atoms with Crippen LogP contribution in [0.3, 0.4) is 0 Å². The predicted octanol–water partition coefficient (Wildman–Crippen LogP) is 5.27. The smallest absolute Gasteiger partial charge is 0.354 e. The first-order chi connectivity index (χ1) is 19.1. The van der Waals surface area contributed by atoms with Crippen LogP contribution in [0.1, 0.15) is 46.4 Å². The lowest BCUT2D eigenvalue weighted by atomic mass is 9.98. The summed E-state index contributed by atoms with van der Waals surface area (Å²) in [5.41, 5.74) is 8.73. The summed E-state index contributed by atoms with van der Waals surface area (Å²) in [5, 5.41) is 12.3. The first-order valence-corrected chi connectivity index (χ1v) is 13.3. The number of aromatic amines is 1. The van der Waals surface area contributed by atoms with Crippen molar-refractivity contribution in [2.45, 2.75) is 25.7 Å². The molecular weight excluding hydrogens is 490 g/mol. The largest absolute Gasteiger partial charge is 0.477 e. The van der Waals surface area contributed by atoms with E-state index >= 15 is 0 Å². The Morgan fingerprint density at radius 3 is 2.49 bits per heavy atom. The second kappa shape index (κ2) is 10.5. The number of nitrogens with zero attached hydrogens (tertiary/aromatic N) is 4. The zero-order chi connectivity index (χ0) is 26.8. The van der Waals surface area contributed by atoms with Crippen LogP contribution in [0.25, 0.3) is 17.8 Å². The van der Waals surface area contributed by atoms with Crippen LogP contribution in [0, 0.1) is 0 Å². The molecule has 0 amide bonds. The van der Waals surface area contributed by atoms with Crippen molar-refractivity contribution >= 4 is 35.2 Å². The van der Waals surface area contributed by atoms with Crippen LogP contribution in [0.4, 0.5) is 17.1 Å². The van der Waals surface area contributed by atoms with Gasteiger partial charge in [-0.3, -0.25) is 14.9 Å². The van der Waals surface area contributed by atoms with Crippen LogP contribution in [0.5, 0.6) is 0 Å². The fourth-order valence-corrected chi connectivity index (χ4v) is 5.43. The third kappa shape index (κ3) is 4.90. The zero-order valence-electron chi connectivity index (χ0n) is 21.5. The van der Waals surface area contributed by atoms with Crippen molar-refractivity contribution < 1.29 is 9.90 Å². The van der Waals surface area contributed by atoms with Gasteiger partial charge in [-0.1, -0.05) is 6.07 Å². The standard InChI is InChI=1S/C31H29N5O3/c37-30-27(29(31(38)39)33-36(30)26-8-4-16-32-21-26)9-3-6-22-10-15-28-23(20-22)7-5-19-35(28)25-13-11-24(12-14-25)34-17-1-2-18-34/h4,6,8-16,20-21,33H,1-2,5,7,17-19H2,(H,38,39).